The van der Waals surface area contributed by atoms with Crippen molar-refractivity contribution in [1.29, 1.82) is 0 Å². The van der Waals surface area contributed by atoms with Gasteiger partial charge in [-0.25, -0.2) is 18.2 Å². The largest absolute Gasteiger partial charge is 0.478 e. The van der Waals surface area contributed by atoms with E-state index in [9.17, 15) is 13.2 Å². The quantitative estimate of drug-likeness (QED) is 0.152. The fraction of sp³-hybridized carbons (Fsp3) is 0.0938. The van der Waals surface area contributed by atoms with Crippen molar-refractivity contribution < 1.29 is 23.1 Å². The minimum atomic E-state index is -3.40. The maximum atomic E-state index is 11.7. The fourth-order valence-electron chi connectivity index (χ4n) is 4.60. The van der Waals surface area contributed by atoms with E-state index in [1.165, 1.54) is 12.3 Å². The molecule has 0 bridgehead atoms. The van der Waals surface area contributed by atoms with Crippen LogP contribution < -0.4 is 4.74 Å². The summed E-state index contributed by atoms with van der Waals surface area (Å²) in [4.78, 5) is 15.0. The van der Waals surface area contributed by atoms with Crippen LogP contribution in [0.1, 0.15) is 35.6 Å². The molecule has 5 rings (SSSR count). The van der Waals surface area contributed by atoms with Crippen molar-refractivity contribution in [3.8, 4) is 11.5 Å². The lowest BCUT2D eigenvalue weighted by Crippen LogP contribution is -2.00. The van der Waals surface area contributed by atoms with E-state index in [-0.39, 0.29) is 5.03 Å². The molecule has 0 amide bonds. The SMILES string of the molecule is CC/C(=C(/c1ccc(/C=C/C(=O)O)cc1)c1ccc2[nH]ncc2c1)c1cccc(Oc2ccc(S(C)(=O)=O)nc2)c1. The van der Waals surface area contributed by atoms with Crippen LogP contribution in [0.5, 0.6) is 11.5 Å². The van der Waals surface area contributed by atoms with Gasteiger partial charge in [0, 0.05) is 17.7 Å². The minimum absolute atomic E-state index is 0.0153. The zero-order chi connectivity index (χ0) is 29.0. The molecule has 0 aliphatic rings. The molecule has 2 N–H and O–H groups in total. The summed E-state index contributed by atoms with van der Waals surface area (Å²) in [5, 5.41) is 17.1. The number of fused-ring (bicyclic) bond motifs is 1. The maximum Gasteiger partial charge on any atom is 0.328 e. The van der Waals surface area contributed by atoms with E-state index >= 15 is 0 Å². The second-order valence-electron chi connectivity index (χ2n) is 9.41. The van der Waals surface area contributed by atoms with E-state index in [1.807, 2.05) is 54.6 Å². The number of pyridine rings is 1. The van der Waals surface area contributed by atoms with Gasteiger partial charge < -0.3 is 9.84 Å². The second-order valence-corrected chi connectivity index (χ2v) is 11.4. The Morgan fingerprint density at radius 1 is 0.927 bits per heavy atom. The van der Waals surface area contributed by atoms with Gasteiger partial charge in [-0.2, -0.15) is 5.10 Å². The molecule has 0 radical (unpaired) electrons. The molecule has 206 valence electrons. The smallest absolute Gasteiger partial charge is 0.328 e. The van der Waals surface area contributed by atoms with Crippen LogP contribution in [0.25, 0.3) is 28.1 Å². The number of hydrogen-bond acceptors (Lipinski definition) is 6. The number of rotatable bonds is 9. The number of carbonyl (C=O) groups is 1. The van der Waals surface area contributed by atoms with Crippen molar-refractivity contribution in [3.05, 3.63) is 120 Å². The van der Waals surface area contributed by atoms with Crippen molar-refractivity contribution in [2.45, 2.75) is 18.4 Å². The molecule has 8 nitrogen and oxygen atoms in total. The Kier molecular flexibility index (Phi) is 7.80. The van der Waals surface area contributed by atoms with E-state index in [0.29, 0.717) is 17.9 Å². The first-order valence-electron chi connectivity index (χ1n) is 12.8. The van der Waals surface area contributed by atoms with Crippen LogP contribution >= 0.6 is 0 Å². The molecule has 41 heavy (non-hydrogen) atoms. The Morgan fingerprint density at radius 2 is 1.71 bits per heavy atom. The molecule has 3 aromatic carbocycles. The summed E-state index contributed by atoms with van der Waals surface area (Å²) >= 11 is 0. The predicted molar refractivity (Wildman–Crippen MR) is 159 cm³/mol. The van der Waals surface area contributed by atoms with Gasteiger partial charge in [0.1, 0.15) is 11.5 Å². The number of H-pyrrole nitrogens is 1. The molecule has 0 aliphatic carbocycles. The normalized spacial score (nSPS) is 12.4. The summed E-state index contributed by atoms with van der Waals surface area (Å²) in [7, 11) is -3.40. The molecule has 0 aliphatic heterocycles. The first-order valence-corrected chi connectivity index (χ1v) is 14.7. The third kappa shape index (κ3) is 6.42. The number of aliphatic carboxylic acids is 1. The van der Waals surface area contributed by atoms with Crippen LogP contribution in [0.4, 0.5) is 0 Å². The van der Waals surface area contributed by atoms with Gasteiger partial charge in [-0.15, -0.1) is 0 Å². The van der Waals surface area contributed by atoms with Gasteiger partial charge >= 0.3 is 5.97 Å². The molecule has 0 fully saturated rings. The van der Waals surface area contributed by atoms with E-state index in [1.54, 1.807) is 18.3 Å². The van der Waals surface area contributed by atoms with Crippen molar-refractivity contribution in [2.75, 3.05) is 6.26 Å². The van der Waals surface area contributed by atoms with E-state index in [2.05, 4.69) is 34.2 Å². The fourth-order valence-corrected chi connectivity index (χ4v) is 5.16. The predicted octanol–water partition coefficient (Wildman–Crippen LogP) is 6.62. The first kappa shape index (κ1) is 27.5. The molecular formula is C32H27N3O5S. The Hall–Kier alpha value is -5.02. The average molecular weight is 566 g/mol. The number of benzene rings is 3. The summed E-state index contributed by atoms with van der Waals surface area (Å²) < 4.78 is 29.5. The van der Waals surface area contributed by atoms with Crippen molar-refractivity contribution in [2.24, 2.45) is 0 Å². The molecular weight excluding hydrogens is 538 g/mol. The summed E-state index contributed by atoms with van der Waals surface area (Å²) in [6, 6.07) is 24.6. The molecule has 2 heterocycles. The number of ether oxygens (including phenoxy) is 1. The van der Waals surface area contributed by atoms with Gasteiger partial charge in [-0.05, 0) is 82.3 Å². The number of carboxylic acids is 1. The van der Waals surface area contributed by atoms with E-state index < -0.39 is 15.8 Å². The highest BCUT2D eigenvalue weighted by Gasteiger charge is 2.15. The zero-order valence-corrected chi connectivity index (χ0v) is 23.2. The first-order chi connectivity index (χ1) is 19.7. The molecule has 2 aromatic heterocycles. The summed E-state index contributed by atoms with van der Waals surface area (Å²) in [5.74, 6) is 0.00827. The van der Waals surface area contributed by atoms with E-state index in [4.69, 9.17) is 9.84 Å². The number of allylic oxidation sites excluding steroid dienone is 1. The highest BCUT2D eigenvalue weighted by molar-refractivity contribution is 7.90. The molecule has 0 saturated carbocycles. The summed E-state index contributed by atoms with van der Waals surface area (Å²) in [5.41, 5.74) is 6.78. The number of nitrogens with one attached hydrogen (secondary N) is 1. The zero-order valence-electron chi connectivity index (χ0n) is 22.4. The highest BCUT2D eigenvalue weighted by atomic mass is 32.2. The van der Waals surface area contributed by atoms with Crippen LogP contribution in [0.2, 0.25) is 0 Å². The topological polar surface area (TPSA) is 122 Å². The highest BCUT2D eigenvalue weighted by Crippen LogP contribution is 2.37. The van der Waals surface area contributed by atoms with Crippen LogP contribution in [-0.2, 0) is 14.6 Å². The Balaban J connectivity index is 1.59. The average Bonchev–Trinajstić information content (AvgIpc) is 3.43. The van der Waals surface area contributed by atoms with Gasteiger partial charge in [0.05, 0.1) is 17.9 Å². The third-order valence-electron chi connectivity index (χ3n) is 6.51. The number of carboxylic acid groups (broad SMARTS) is 1. The molecule has 0 spiro atoms. The van der Waals surface area contributed by atoms with Crippen LogP contribution in [0.3, 0.4) is 0 Å². The Labute approximate surface area is 237 Å². The van der Waals surface area contributed by atoms with Crippen molar-refractivity contribution in [1.82, 2.24) is 15.2 Å². The Morgan fingerprint density at radius 3 is 2.39 bits per heavy atom. The monoisotopic (exact) mass is 565 g/mol. The van der Waals surface area contributed by atoms with Crippen LogP contribution in [-0.4, -0.2) is 40.9 Å². The number of sulfone groups is 1. The lowest BCUT2D eigenvalue weighted by atomic mass is 9.87. The molecule has 0 atom stereocenters. The van der Waals surface area contributed by atoms with Gasteiger partial charge in [0.2, 0.25) is 0 Å². The number of aromatic amines is 1. The van der Waals surface area contributed by atoms with Gasteiger partial charge in [0.15, 0.2) is 14.9 Å². The molecule has 5 aromatic rings. The number of nitrogens with zero attached hydrogens (tertiary/aromatic N) is 2. The van der Waals surface area contributed by atoms with Crippen LogP contribution in [0, 0.1) is 0 Å². The number of hydrogen-bond donors (Lipinski definition) is 2. The molecule has 9 heteroatoms. The van der Waals surface area contributed by atoms with Gasteiger partial charge in [-0.3, -0.25) is 5.10 Å². The summed E-state index contributed by atoms with van der Waals surface area (Å²) in [6.45, 7) is 2.09. The Bertz CT molecular complexity index is 1890. The van der Waals surface area contributed by atoms with Gasteiger partial charge in [0.25, 0.3) is 0 Å². The maximum absolute atomic E-state index is 11.7. The number of aromatic nitrogens is 3. The van der Waals surface area contributed by atoms with Crippen LogP contribution in [0.15, 0.2) is 102 Å². The standard InChI is InChI=1S/C32H27N3O5S/c1-3-28(23-5-4-6-26(18-23)40-27-13-15-30(33-20-27)41(2,38)39)32(24-12-14-29-25(17-24)19-34-35-29)22-10-7-21(8-11-22)9-16-31(36)37/h4-20H,3H2,1-2H3,(H,34,35)(H,36,37)/b16-9+,32-28+. The minimum Gasteiger partial charge on any atom is -0.478 e. The van der Waals surface area contributed by atoms with Crippen molar-refractivity contribution in [3.63, 3.8) is 0 Å². The van der Waals surface area contributed by atoms with Crippen molar-refractivity contribution >= 4 is 43.9 Å². The lowest BCUT2D eigenvalue weighted by Gasteiger charge is -2.17. The summed E-state index contributed by atoms with van der Waals surface area (Å²) in [6.07, 6.45) is 7.69. The lowest BCUT2D eigenvalue weighted by molar-refractivity contribution is -0.131. The molecule has 0 saturated heterocycles. The second kappa shape index (κ2) is 11.6. The molecule has 0 unspecified atom stereocenters. The van der Waals surface area contributed by atoms with E-state index in [0.717, 1.165) is 56.6 Å². The third-order valence-corrected chi connectivity index (χ3v) is 7.51. The van der Waals surface area contributed by atoms with Gasteiger partial charge in [-0.1, -0.05) is 49.4 Å².